The lowest BCUT2D eigenvalue weighted by Gasteiger charge is -2.42. The van der Waals surface area contributed by atoms with Gasteiger partial charge in [-0.05, 0) is 29.3 Å². The lowest BCUT2D eigenvalue weighted by atomic mass is 9.60. The minimum Gasteiger partial charge on any atom is -0.274 e. The first-order chi connectivity index (χ1) is 12.1. The Morgan fingerprint density at radius 3 is 2.40 bits per heavy atom. The largest absolute Gasteiger partial charge is 0.274 e. The van der Waals surface area contributed by atoms with Crippen molar-refractivity contribution in [2.75, 3.05) is 4.90 Å². The quantitative estimate of drug-likeness (QED) is 0.641. The molecule has 2 amide bonds. The zero-order valence-electron chi connectivity index (χ0n) is 13.0. The third-order valence-corrected chi connectivity index (χ3v) is 6.39. The van der Waals surface area contributed by atoms with Crippen molar-refractivity contribution in [3.8, 4) is 0 Å². The van der Waals surface area contributed by atoms with Gasteiger partial charge in [-0.2, -0.15) is 0 Å². The third kappa shape index (κ3) is 1.98. The van der Waals surface area contributed by atoms with Crippen LogP contribution in [0.25, 0.3) is 0 Å². The number of halogens is 2. The fourth-order valence-corrected chi connectivity index (χ4v) is 5.36. The molecule has 0 saturated carbocycles. The molecule has 1 fully saturated rings. The summed E-state index contributed by atoms with van der Waals surface area (Å²) in [6.07, 6.45) is 1.96. The first-order valence-electron chi connectivity index (χ1n) is 8.17. The molecule has 2 aromatic rings. The average Bonchev–Trinajstić information content (AvgIpc) is 2.87. The maximum Gasteiger partial charge on any atom is 0.238 e. The van der Waals surface area contributed by atoms with Crippen LogP contribution in [0.5, 0.6) is 0 Å². The SMILES string of the molecule is O=C1[C@H]2[C@H](C(=O)N1c1cccc(Br)c1)[C@@H]1C(Cl)=C[C@@H]2c2ccccc21. The zero-order chi connectivity index (χ0) is 17.3. The highest BCUT2D eigenvalue weighted by atomic mass is 79.9. The first kappa shape index (κ1) is 15.4. The topological polar surface area (TPSA) is 37.4 Å². The number of hydrogen-bond acceptors (Lipinski definition) is 2. The lowest BCUT2D eigenvalue weighted by Crippen LogP contribution is -2.38. The van der Waals surface area contributed by atoms with E-state index in [1.165, 1.54) is 4.90 Å². The predicted molar refractivity (Wildman–Crippen MR) is 99.5 cm³/mol. The number of carbonyl (C=O) groups is 2. The Labute approximate surface area is 158 Å². The Hall–Kier alpha value is -1.91. The number of nitrogens with zero attached hydrogens (tertiary/aromatic N) is 1. The molecular formula is C20H13BrClNO2. The molecule has 0 aromatic heterocycles. The van der Waals surface area contributed by atoms with Crippen LogP contribution in [0, 0.1) is 11.8 Å². The van der Waals surface area contributed by atoms with Gasteiger partial charge in [0, 0.05) is 21.3 Å². The number of rotatable bonds is 1. The summed E-state index contributed by atoms with van der Waals surface area (Å²) >= 11 is 9.93. The molecule has 0 unspecified atom stereocenters. The summed E-state index contributed by atoms with van der Waals surface area (Å²) in [5.41, 5.74) is 2.81. The highest BCUT2D eigenvalue weighted by molar-refractivity contribution is 9.10. The van der Waals surface area contributed by atoms with E-state index in [1.807, 2.05) is 42.5 Å². The molecule has 6 rings (SSSR count). The van der Waals surface area contributed by atoms with Gasteiger partial charge in [-0.15, -0.1) is 0 Å². The van der Waals surface area contributed by atoms with Crippen LogP contribution >= 0.6 is 27.5 Å². The summed E-state index contributed by atoms with van der Waals surface area (Å²) < 4.78 is 0.836. The molecule has 4 aliphatic rings. The molecule has 1 aliphatic heterocycles. The van der Waals surface area contributed by atoms with Gasteiger partial charge in [-0.3, -0.25) is 9.59 Å². The number of anilines is 1. The minimum absolute atomic E-state index is 0.127. The highest BCUT2D eigenvalue weighted by Gasteiger charge is 2.60. The van der Waals surface area contributed by atoms with E-state index in [4.69, 9.17) is 11.6 Å². The fourth-order valence-electron chi connectivity index (χ4n) is 4.58. The fraction of sp³-hybridized carbons (Fsp3) is 0.200. The van der Waals surface area contributed by atoms with Crippen LogP contribution in [0.15, 0.2) is 64.1 Å². The minimum atomic E-state index is -0.413. The van der Waals surface area contributed by atoms with Crippen molar-refractivity contribution in [2.24, 2.45) is 11.8 Å². The molecule has 2 aromatic carbocycles. The Morgan fingerprint density at radius 2 is 1.64 bits per heavy atom. The maximum absolute atomic E-state index is 13.2. The maximum atomic E-state index is 13.2. The average molecular weight is 415 g/mol. The zero-order valence-corrected chi connectivity index (χ0v) is 15.4. The van der Waals surface area contributed by atoms with Gasteiger partial charge < -0.3 is 0 Å². The van der Waals surface area contributed by atoms with Crippen LogP contribution in [0.4, 0.5) is 5.69 Å². The monoisotopic (exact) mass is 413 g/mol. The summed E-state index contributed by atoms with van der Waals surface area (Å²) in [4.78, 5) is 27.7. The number of hydrogen-bond donors (Lipinski definition) is 0. The van der Waals surface area contributed by atoms with Crippen LogP contribution in [0.3, 0.4) is 0 Å². The van der Waals surface area contributed by atoms with Crippen LogP contribution in [0.2, 0.25) is 0 Å². The van der Waals surface area contributed by atoms with Gasteiger partial charge in [0.25, 0.3) is 0 Å². The Kier molecular flexibility index (Phi) is 3.25. The van der Waals surface area contributed by atoms with E-state index in [2.05, 4.69) is 15.9 Å². The van der Waals surface area contributed by atoms with Crippen LogP contribution in [-0.4, -0.2) is 11.8 Å². The molecule has 1 saturated heterocycles. The van der Waals surface area contributed by atoms with E-state index in [0.29, 0.717) is 10.7 Å². The third-order valence-electron chi connectivity index (χ3n) is 5.54. The number of carbonyl (C=O) groups excluding carboxylic acids is 2. The van der Waals surface area contributed by atoms with Crippen molar-refractivity contribution in [2.45, 2.75) is 11.8 Å². The molecule has 0 spiro atoms. The van der Waals surface area contributed by atoms with Gasteiger partial charge in [0.15, 0.2) is 0 Å². The van der Waals surface area contributed by atoms with E-state index in [9.17, 15) is 9.59 Å². The summed E-state index contributed by atoms with van der Waals surface area (Å²) in [5.74, 6) is -1.41. The molecule has 25 heavy (non-hydrogen) atoms. The summed E-state index contributed by atoms with van der Waals surface area (Å²) in [6, 6.07) is 15.3. The first-order valence-corrected chi connectivity index (χ1v) is 9.34. The van der Waals surface area contributed by atoms with Crippen LogP contribution in [0.1, 0.15) is 23.0 Å². The van der Waals surface area contributed by atoms with Gasteiger partial charge in [0.05, 0.1) is 17.5 Å². The van der Waals surface area contributed by atoms with Gasteiger partial charge in [0.1, 0.15) is 0 Å². The van der Waals surface area contributed by atoms with Gasteiger partial charge in [-0.25, -0.2) is 4.90 Å². The molecule has 1 heterocycles. The second kappa shape index (κ2) is 5.29. The molecule has 3 aliphatic carbocycles. The predicted octanol–water partition coefficient (Wildman–Crippen LogP) is 4.57. The van der Waals surface area contributed by atoms with Gasteiger partial charge in [0.2, 0.25) is 11.8 Å². The number of amides is 2. The summed E-state index contributed by atoms with van der Waals surface area (Å²) in [5, 5.41) is 0.683. The molecule has 4 atom stereocenters. The van der Waals surface area contributed by atoms with E-state index in [0.717, 1.165) is 15.6 Å². The molecular weight excluding hydrogens is 402 g/mol. The van der Waals surface area contributed by atoms with E-state index in [-0.39, 0.29) is 29.6 Å². The summed E-state index contributed by atoms with van der Waals surface area (Å²) in [7, 11) is 0. The Bertz CT molecular complexity index is 970. The molecule has 0 N–H and O–H groups in total. The summed E-state index contributed by atoms with van der Waals surface area (Å²) in [6.45, 7) is 0. The van der Waals surface area contributed by atoms with Crippen LogP contribution < -0.4 is 4.90 Å². The molecule has 124 valence electrons. The number of benzene rings is 2. The molecule has 5 heteroatoms. The lowest BCUT2D eigenvalue weighted by molar-refractivity contribution is -0.122. The van der Waals surface area contributed by atoms with Crippen molar-refractivity contribution in [1.82, 2.24) is 0 Å². The molecule has 3 nitrogen and oxygen atoms in total. The Morgan fingerprint density at radius 1 is 0.920 bits per heavy atom. The number of imide groups is 1. The van der Waals surface area contributed by atoms with E-state index >= 15 is 0 Å². The van der Waals surface area contributed by atoms with Crippen molar-refractivity contribution in [1.29, 1.82) is 0 Å². The van der Waals surface area contributed by atoms with Crippen molar-refractivity contribution < 1.29 is 9.59 Å². The second-order valence-corrected chi connectivity index (χ2v) is 8.08. The normalized spacial score (nSPS) is 29.5. The molecule has 2 bridgehead atoms. The van der Waals surface area contributed by atoms with Crippen molar-refractivity contribution in [3.05, 3.63) is 75.2 Å². The highest BCUT2D eigenvalue weighted by Crippen LogP contribution is 2.59. The van der Waals surface area contributed by atoms with E-state index < -0.39 is 5.92 Å². The van der Waals surface area contributed by atoms with Crippen LogP contribution in [-0.2, 0) is 9.59 Å². The standard InChI is InChI=1S/C20H13BrClNO2/c21-10-4-3-5-11(8-10)23-19(24)17-14-9-15(22)16(18(17)20(23)25)13-7-2-1-6-12(13)14/h1-9,14,16-18H/t14-,16+,17-,18-/m1/s1. The number of allylic oxidation sites excluding steroid dienone is 2. The Balaban J connectivity index is 1.66. The van der Waals surface area contributed by atoms with Crippen molar-refractivity contribution >= 4 is 45.0 Å². The second-order valence-electron chi connectivity index (χ2n) is 6.73. The smallest absolute Gasteiger partial charge is 0.238 e. The van der Waals surface area contributed by atoms with Gasteiger partial charge in [-0.1, -0.05) is 63.9 Å². The van der Waals surface area contributed by atoms with Crippen molar-refractivity contribution in [3.63, 3.8) is 0 Å². The molecule has 0 radical (unpaired) electrons. The van der Waals surface area contributed by atoms with E-state index in [1.54, 1.807) is 12.1 Å². The van der Waals surface area contributed by atoms with Gasteiger partial charge >= 0.3 is 0 Å².